The molecule has 0 aliphatic heterocycles. The summed E-state index contributed by atoms with van der Waals surface area (Å²) in [7, 11) is 0. The van der Waals surface area contributed by atoms with Gasteiger partial charge in [0.2, 0.25) is 5.91 Å². The highest BCUT2D eigenvalue weighted by Gasteiger charge is 2.29. The first-order valence-corrected chi connectivity index (χ1v) is 5.56. The third-order valence-electron chi connectivity index (χ3n) is 3.31. The Kier molecular flexibility index (Phi) is 2.56. The number of carbonyl (C=O) groups excluding carboxylic acids is 1. The van der Waals surface area contributed by atoms with Crippen LogP contribution in [-0.2, 0) is 4.79 Å². The van der Waals surface area contributed by atoms with Crippen molar-refractivity contribution in [1.82, 2.24) is 5.32 Å². The van der Waals surface area contributed by atoms with Gasteiger partial charge in [0, 0.05) is 12.0 Å². The third kappa shape index (κ3) is 2.45. The number of hydrogen-bond acceptors (Lipinski definition) is 1. The minimum Gasteiger partial charge on any atom is -0.353 e. The Balaban J connectivity index is 1.75. The monoisotopic (exact) mass is 181 g/mol. The lowest BCUT2D eigenvalue weighted by Gasteiger charge is -2.25. The fourth-order valence-corrected chi connectivity index (χ4v) is 2.07. The van der Waals surface area contributed by atoms with E-state index in [4.69, 9.17) is 0 Å². The van der Waals surface area contributed by atoms with E-state index in [1.54, 1.807) is 0 Å². The van der Waals surface area contributed by atoms with Crippen LogP contribution in [0.1, 0.15) is 45.4 Å². The summed E-state index contributed by atoms with van der Waals surface area (Å²) in [6.45, 7) is 2.29. The maximum Gasteiger partial charge on any atom is 0.223 e. The molecule has 74 valence electrons. The SMILES string of the molecule is CC1CCC(C(=O)NC2CC2)CC1. The first-order valence-electron chi connectivity index (χ1n) is 5.56. The second-order valence-electron chi connectivity index (χ2n) is 4.74. The maximum atomic E-state index is 11.6. The average molecular weight is 181 g/mol. The van der Waals surface area contributed by atoms with E-state index in [1.807, 2.05) is 0 Å². The fraction of sp³-hybridized carbons (Fsp3) is 0.909. The van der Waals surface area contributed by atoms with Gasteiger partial charge in [-0.05, 0) is 44.4 Å². The normalized spacial score (nSPS) is 34.2. The molecule has 2 heteroatoms. The summed E-state index contributed by atoms with van der Waals surface area (Å²) in [6.07, 6.45) is 7.11. The number of nitrogens with one attached hydrogen (secondary N) is 1. The lowest BCUT2D eigenvalue weighted by atomic mass is 9.82. The van der Waals surface area contributed by atoms with Crippen molar-refractivity contribution in [3.8, 4) is 0 Å². The molecule has 1 amide bonds. The molecule has 0 saturated heterocycles. The molecular weight excluding hydrogens is 162 g/mol. The fourth-order valence-electron chi connectivity index (χ4n) is 2.07. The van der Waals surface area contributed by atoms with E-state index in [0.29, 0.717) is 17.9 Å². The van der Waals surface area contributed by atoms with Gasteiger partial charge in [-0.25, -0.2) is 0 Å². The zero-order valence-corrected chi connectivity index (χ0v) is 8.38. The summed E-state index contributed by atoms with van der Waals surface area (Å²) in [5.74, 6) is 1.50. The molecule has 2 aliphatic carbocycles. The van der Waals surface area contributed by atoms with Gasteiger partial charge >= 0.3 is 0 Å². The van der Waals surface area contributed by atoms with Crippen molar-refractivity contribution >= 4 is 5.91 Å². The lowest BCUT2D eigenvalue weighted by molar-refractivity contribution is -0.126. The lowest BCUT2D eigenvalue weighted by Crippen LogP contribution is -2.34. The Labute approximate surface area is 80.1 Å². The molecule has 0 heterocycles. The molecule has 2 rings (SSSR count). The van der Waals surface area contributed by atoms with Gasteiger partial charge in [0.1, 0.15) is 0 Å². The summed E-state index contributed by atoms with van der Waals surface area (Å²) in [6, 6.07) is 0.534. The molecule has 0 radical (unpaired) electrons. The molecule has 0 aromatic rings. The van der Waals surface area contributed by atoms with E-state index in [2.05, 4.69) is 12.2 Å². The predicted molar refractivity (Wildman–Crippen MR) is 52.3 cm³/mol. The number of amides is 1. The summed E-state index contributed by atoms with van der Waals surface area (Å²) in [4.78, 5) is 11.6. The highest BCUT2D eigenvalue weighted by atomic mass is 16.2. The first kappa shape index (κ1) is 9.04. The molecule has 2 nitrogen and oxygen atoms in total. The van der Waals surface area contributed by atoms with Crippen molar-refractivity contribution in [2.75, 3.05) is 0 Å². The second-order valence-corrected chi connectivity index (χ2v) is 4.74. The standard InChI is InChI=1S/C11H19NO/c1-8-2-4-9(5-3-8)11(13)12-10-6-7-10/h8-10H,2-7H2,1H3,(H,12,13). The van der Waals surface area contributed by atoms with Gasteiger partial charge in [-0.3, -0.25) is 4.79 Å². The zero-order chi connectivity index (χ0) is 9.26. The molecule has 0 spiro atoms. The minimum absolute atomic E-state index is 0.328. The average Bonchev–Trinajstić information content (AvgIpc) is 2.89. The summed E-state index contributed by atoms with van der Waals surface area (Å²) in [5, 5.41) is 3.10. The van der Waals surface area contributed by atoms with Crippen LogP contribution in [0.25, 0.3) is 0 Å². The number of carbonyl (C=O) groups is 1. The van der Waals surface area contributed by atoms with Gasteiger partial charge in [0.15, 0.2) is 0 Å². The van der Waals surface area contributed by atoms with Crippen LogP contribution in [0.3, 0.4) is 0 Å². The van der Waals surface area contributed by atoms with Crippen molar-refractivity contribution < 1.29 is 4.79 Å². The number of hydrogen-bond donors (Lipinski definition) is 1. The van der Waals surface area contributed by atoms with Gasteiger partial charge in [-0.2, -0.15) is 0 Å². The quantitative estimate of drug-likeness (QED) is 0.694. The van der Waals surface area contributed by atoms with Gasteiger partial charge < -0.3 is 5.32 Å². The van der Waals surface area contributed by atoms with Crippen LogP contribution in [0, 0.1) is 11.8 Å². The number of rotatable bonds is 2. The molecule has 0 aromatic heterocycles. The minimum atomic E-state index is 0.328. The van der Waals surface area contributed by atoms with Crippen molar-refractivity contribution in [2.45, 2.75) is 51.5 Å². The van der Waals surface area contributed by atoms with Gasteiger partial charge in [0.25, 0.3) is 0 Å². The molecule has 2 aliphatic rings. The van der Waals surface area contributed by atoms with Crippen LogP contribution in [0.2, 0.25) is 0 Å². The first-order chi connectivity index (χ1) is 6.25. The van der Waals surface area contributed by atoms with Crippen LogP contribution in [-0.4, -0.2) is 11.9 Å². The third-order valence-corrected chi connectivity index (χ3v) is 3.31. The van der Waals surface area contributed by atoms with Crippen molar-refractivity contribution in [1.29, 1.82) is 0 Å². The topological polar surface area (TPSA) is 29.1 Å². The van der Waals surface area contributed by atoms with Crippen LogP contribution in [0.4, 0.5) is 0 Å². The van der Waals surface area contributed by atoms with Gasteiger partial charge in [0.05, 0.1) is 0 Å². The summed E-state index contributed by atoms with van der Waals surface area (Å²) >= 11 is 0. The van der Waals surface area contributed by atoms with E-state index in [1.165, 1.54) is 25.7 Å². The summed E-state index contributed by atoms with van der Waals surface area (Å²) in [5.41, 5.74) is 0. The molecule has 2 fully saturated rings. The van der Waals surface area contributed by atoms with Gasteiger partial charge in [-0.15, -0.1) is 0 Å². The van der Waals surface area contributed by atoms with E-state index >= 15 is 0 Å². The zero-order valence-electron chi connectivity index (χ0n) is 8.38. The Bertz CT molecular complexity index is 190. The molecule has 0 atom stereocenters. The maximum absolute atomic E-state index is 11.6. The van der Waals surface area contributed by atoms with Crippen molar-refractivity contribution in [2.24, 2.45) is 11.8 Å². The Morgan fingerprint density at radius 2 is 1.69 bits per heavy atom. The van der Waals surface area contributed by atoms with E-state index in [9.17, 15) is 4.79 Å². The van der Waals surface area contributed by atoms with Crippen LogP contribution in [0.15, 0.2) is 0 Å². The Morgan fingerprint density at radius 3 is 2.23 bits per heavy atom. The van der Waals surface area contributed by atoms with Crippen molar-refractivity contribution in [3.05, 3.63) is 0 Å². The van der Waals surface area contributed by atoms with Crippen LogP contribution < -0.4 is 5.32 Å². The smallest absolute Gasteiger partial charge is 0.223 e. The van der Waals surface area contributed by atoms with Gasteiger partial charge in [-0.1, -0.05) is 6.92 Å². The largest absolute Gasteiger partial charge is 0.353 e. The van der Waals surface area contributed by atoms with E-state index in [-0.39, 0.29) is 0 Å². The molecule has 2 saturated carbocycles. The molecule has 13 heavy (non-hydrogen) atoms. The molecular formula is C11H19NO. The molecule has 1 N–H and O–H groups in total. The Morgan fingerprint density at radius 1 is 1.08 bits per heavy atom. The van der Waals surface area contributed by atoms with Crippen LogP contribution >= 0.6 is 0 Å². The van der Waals surface area contributed by atoms with Crippen molar-refractivity contribution in [3.63, 3.8) is 0 Å². The highest BCUT2D eigenvalue weighted by molar-refractivity contribution is 5.79. The molecule has 0 unspecified atom stereocenters. The van der Waals surface area contributed by atoms with Crippen LogP contribution in [0.5, 0.6) is 0 Å². The highest BCUT2D eigenvalue weighted by Crippen LogP contribution is 2.29. The summed E-state index contributed by atoms with van der Waals surface area (Å²) < 4.78 is 0. The molecule has 0 aromatic carbocycles. The second kappa shape index (κ2) is 3.69. The van der Waals surface area contributed by atoms with E-state index < -0.39 is 0 Å². The molecule has 0 bridgehead atoms. The van der Waals surface area contributed by atoms with E-state index in [0.717, 1.165) is 18.8 Å². The predicted octanol–water partition coefficient (Wildman–Crippen LogP) is 2.09. The Hall–Kier alpha value is -0.530.